The van der Waals surface area contributed by atoms with E-state index in [1.165, 1.54) is 109 Å². The van der Waals surface area contributed by atoms with Gasteiger partial charge in [0, 0.05) is 6.61 Å². The van der Waals surface area contributed by atoms with Gasteiger partial charge in [0.15, 0.2) is 0 Å². The second kappa shape index (κ2) is 22.0. The summed E-state index contributed by atoms with van der Waals surface area (Å²) in [6.07, 6.45) is 25.7. The molecule has 0 saturated carbocycles. The van der Waals surface area contributed by atoms with E-state index in [4.69, 9.17) is 9.84 Å². The lowest BCUT2D eigenvalue weighted by Gasteiger charge is -2.05. The highest BCUT2D eigenvalue weighted by Gasteiger charge is 1.97. The van der Waals surface area contributed by atoms with Crippen LogP contribution in [0.5, 0.6) is 0 Å². The molecule has 0 aromatic heterocycles. The van der Waals surface area contributed by atoms with Crippen LogP contribution in [0.1, 0.15) is 129 Å². The van der Waals surface area contributed by atoms with E-state index < -0.39 is 0 Å². The zero-order chi connectivity index (χ0) is 18.4. The number of unbranched alkanes of at least 4 members (excludes halogenated alkanes) is 17. The average molecular weight is 356 g/mol. The number of rotatable bonds is 21. The van der Waals surface area contributed by atoms with Crippen LogP contribution in [-0.4, -0.2) is 18.3 Å². The lowest BCUT2D eigenvalue weighted by atomic mass is 10.0. The molecule has 1 radical (unpaired) electrons. The number of aliphatic hydroxyl groups excluding tert-OH is 1. The molecule has 0 atom stereocenters. The summed E-state index contributed by atoms with van der Waals surface area (Å²) in [5.74, 6) is 0. The average Bonchev–Trinajstić information content (AvgIpc) is 2.60. The number of ether oxygens (including phenoxy) is 1. The highest BCUT2D eigenvalue weighted by atomic mass is 16.5. The molecule has 0 fully saturated rings. The Morgan fingerprint density at radius 3 is 1.20 bits per heavy atom. The van der Waals surface area contributed by atoms with Crippen LogP contribution < -0.4 is 0 Å². The molecule has 25 heavy (non-hydrogen) atoms. The summed E-state index contributed by atoms with van der Waals surface area (Å²) in [6, 6.07) is 0. The third kappa shape index (κ3) is 23.9. The van der Waals surface area contributed by atoms with Crippen molar-refractivity contribution in [2.24, 2.45) is 0 Å². The second-order valence-electron chi connectivity index (χ2n) is 7.80. The number of aliphatic hydroxyl groups is 1. The molecule has 2 nitrogen and oxygen atoms in total. The summed E-state index contributed by atoms with van der Waals surface area (Å²) in [6.45, 7) is 5.17. The van der Waals surface area contributed by atoms with E-state index >= 15 is 0 Å². The van der Waals surface area contributed by atoms with Gasteiger partial charge in [0.2, 0.25) is 0 Å². The highest BCUT2D eigenvalue weighted by molar-refractivity contribution is 4.64. The van der Waals surface area contributed by atoms with E-state index in [1.807, 2.05) is 0 Å². The molecule has 0 aliphatic heterocycles. The first-order chi connectivity index (χ1) is 12.3. The number of hydrogen-bond donors (Lipinski definition) is 1. The Labute approximate surface area is 159 Å². The number of hydrogen-bond acceptors (Lipinski definition) is 2. The summed E-state index contributed by atoms with van der Waals surface area (Å²) in [5, 5.41) is 9.00. The molecule has 0 aliphatic carbocycles. The van der Waals surface area contributed by atoms with Crippen molar-refractivity contribution in [3.8, 4) is 0 Å². The molecular weight excluding hydrogens is 308 g/mol. The monoisotopic (exact) mass is 355 g/mol. The van der Waals surface area contributed by atoms with E-state index in [0.29, 0.717) is 12.7 Å². The third-order valence-corrected chi connectivity index (χ3v) is 4.95. The van der Waals surface area contributed by atoms with Crippen molar-refractivity contribution >= 4 is 0 Å². The topological polar surface area (TPSA) is 29.5 Å². The molecular formula is C23H47O2. The fourth-order valence-corrected chi connectivity index (χ4v) is 3.33. The van der Waals surface area contributed by atoms with Crippen molar-refractivity contribution in [3.05, 3.63) is 6.10 Å². The maximum atomic E-state index is 9.00. The van der Waals surface area contributed by atoms with Crippen molar-refractivity contribution in [1.82, 2.24) is 0 Å². The van der Waals surface area contributed by atoms with Gasteiger partial charge >= 0.3 is 0 Å². The van der Waals surface area contributed by atoms with Crippen molar-refractivity contribution in [3.63, 3.8) is 0 Å². The highest BCUT2D eigenvalue weighted by Crippen LogP contribution is 2.14. The Morgan fingerprint density at radius 2 is 0.880 bits per heavy atom. The normalized spacial score (nSPS) is 11.5. The Bertz CT molecular complexity index is 228. The van der Waals surface area contributed by atoms with E-state index in [2.05, 4.69) is 6.92 Å². The largest absolute Gasteiger partial charge is 0.385 e. The van der Waals surface area contributed by atoms with E-state index in [9.17, 15) is 0 Å². The van der Waals surface area contributed by atoms with Gasteiger partial charge in [-0.1, -0.05) is 116 Å². The molecule has 1 N–H and O–H groups in total. The summed E-state index contributed by atoms with van der Waals surface area (Å²) >= 11 is 0. The van der Waals surface area contributed by atoms with Crippen LogP contribution in [0.15, 0.2) is 0 Å². The Hall–Kier alpha value is -0.0800. The van der Waals surface area contributed by atoms with Crippen LogP contribution in [0.2, 0.25) is 0 Å². The lowest BCUT2D eigenvalue weighted by molar-refractivity contribution is 0.0953. The Kier molecular flexibility index (Phi) is 21.9. The molecule has 0 saturated heterocycles. The van der Waals surface area contributed by atoms with Gasteiger partial charge < -0.3 is 9.84 Å². The summed E-state index contributed by atoms with van der Waals surface area (Å²) in [5.41, 5.74) is 0. The molecule has 0 amide bonds. The zero-order valence-electron chi connectivity index (χ0n) is 17.5. The first-order valence-electron chi connectivity index (χ1n) is 11.4. The quantitative estimate of drug-likeness (QED) is 0.211. The van der Waals surface area contributed by atoms with Gasteiger partial charge in [0.25, 0.3) is 0 Å². The molecule has 0 aliphatic rings. The summed E-state index contributed by atoms with van der Waals surface area (Å²) in [4.78, 5) is 0. The second-order valence-corrected chi connectivity index (χ2v) is 7.80. The van der Waals surface area contributed by atoms with Gasteiger partial charge in [-0.25, -0.2) is 0 Å². The molecule has 0 rings (SSSR count). The van der Waals surface area contributed by atoms with E-state index in [1.54, 1.807) is 6.92 Å². The third-order valence-electron chi connectivity index (χ3n) is 4.95. The zero-order valence-corrected chi connectivity index (χ0v) is 17.5. The molecule has 0 bridgehead atoms. The lowest BCUT2D eigenvalue weighted by Crippen LogP contribution is -2.03. The van der Waals surface area contributed by atoms with Crippen molar-refractivity contribution in [1.29, 1.82) is 0 Å². The van der Waals surface area contributed by atoms with Crippen LogP contribution in [-0.2, 0) is 4.74 Å². The molecule has 0 heterocycles. The van der Waals surface area contributed by atoms with Gasteiger partial charge in [-0.05, 0) is 13.3 Å². The Balaban J connectivity index is 2.96. The summed E-state index contributed by atoms with van der Waals surface area (Å²) < 4.78 is 5.34. The van der Waals surface area contributed by atoms with Gasteiger partial charge in [0.1, 0.15) is 6.10 Å². The SMILES string of the molecule is CCCCCCCCCCCCCCCCCCCCOC[C](C)O. The van der Waals surface area contributed by atoms with Crippen molar-refractivity contribution in [2.75, 3.05) is 13.2 Å². The minimum atomic E-state index is 0.377. The summed E-state index contributed by atoms with van der Waals surface area (Å²) in [7, 11) is 0. The Morgan fingerprint density at radius 1 is 0.560 bits per heavy atom. The molecule has 151 valence electrons. The van der Waals surface area contributed by atoms with Crippen molar-refractivity contribution < 1.29 is 9.84 Å². The smallest absolute Gasteiger partial charge is 0.116 e. The van der Waals surface area contributed by atoms with Crippen LogP contribution in [0.3, 0.4) is 0 Å². The van der Waals surface area contributed by atoms with Crippen molar-refractivity contribution in [2.45, 2.75) is 129 Å². The van der Waals surface area contributed by atoms with Gasteiger partial charge in [-0.15, -0.1) is 0 Å². The van der Waals surface area contributed by atoms with E-state index in [0.717, 1.165) is 13.0 Å². The van der Waals surface area contributed by atoms with Gasteiger partial charge in [-0.2, -0.15) is 0 Å². The standard InChI is InChI=1S/C23H47O2/c1-3-4-5-6-7-8-9-10-11-12-13-14-15-16-17-18-19-20-21-25-22-23(2)24/h24H,3-22H2,1-2H3. The minimum absolute atomic E-state index is 0.377. The van der Waals surface area contributed by atoms with E-state index in [-0.39, 0.29) is 0 Å². The fourth-order valence-electron chi connectivity index (χ4n) is 3.33. The maximum absolute atomic E-state index is 9.00. The van der Waals surface area contributed by atoms with Gasteiger partial charge in [-0.3, -0.25) is 0 Å². The van der Waals surface area contributed by atoms with Crippen LogP contribution >= 0.6 is 0 Å². The van der Waals surface area contributed by atoms with Gasteiger partial charge in [0.05, 0.1) is 6.61 Å². The predicted octanol–water partition coefficient (Wildman–Crippen LogP) is 7.97. The molecule has 0 aromatic carbocycles. The maximum Gasteiger partial charge on any atom is 0.116 e. The van der Waals surface area contributed by atoms with Crippen LogP contribution in [0.25, 0.3) is 0 Å². The molecule has 0 spiro atoms. The first-order valence-corrected chi connectivity index (χ1v) is 11.4. The van der Waals surface area contributed by atoms with Crippen LogP contribution in [0, 0.1) is 6.10 Å². The first kappa shape index (κ1) is 24.9. The fraction of sp³-hybridized carbons (Fsp3) is 0.957. The minimum Gasteiger partial charge on any atom is -0.385 e. The predicted molar refractivity (Wildman–Crippen MR) is 110 cm³/mol. The van der Waals surface area contributed by atoms with Crippen LogP contribution in [0.4, 0.5) is 0 Å². The molecule has 0 unspecified atom stereocenters. The molecule has 0 aromatic rings. The molecule has 2 heteroatoms.